The Morgan fingerprint density at radius 3 is 2.52 bits per heavy atom. The van der Waals surface area contributed by atoms with Crippen LogP contribution in [0.3, 0.4) is 0 Å². The Hall–Kier alpha value is -1.84. The molecule has 21 heavy (non-hydrogen) atoms. The number of nitrogens with zero attached hydrogens (tertiary/aromatic N) is 1. The number of para-hydroxylation sites is 1. The van der Waals surface area contributed by atoms with Crippen LogP contribution >= 0.6 is 23.2 Å². The number of aliphatic imine (C=N–C) groups is 1. The fourth-order valence-electron chi connectivity index (χ4n) is 2.36. The summed E-state index contributed by atoms with van der Waals surface area (Å²) < 4.78 is 0. The van der Waals surface area contributed by atoms with Crippen molar-refractivity contribution in [3.8, 4) is 0 Å². The topological polar surface area (TPSA) is 41.5 Å². The van der Waals surface area contributed by atoms with Gasteiger partial charge in [0.25, 0.3) is 0 Å². The molecule has 1 heterocycles. The van der Waals surface area contributed by atoms with Crippen molar-refractivity contribution in [2.75, 3.05) is 11.9 Å². The van der Waals surface area contributed by atoms with Crippen LogP contribution < -0.4 is 5.32 Å². The van der Waals surface area contributed by atoms with Crippen molar-refractivity contribution in [2.45, 2.75) is 6.92 Å². The summed E-state index contributed by atoms with van der Waals surface area (Å²) in [4.78, 5) is 16.2. The predicted molar refractivity (Wildman–Crippen MR) is 86.8 cm³/mol. The second-order valence-electron chi connectivity index (χ2n) is 4.86. The van der Waals surface area contributed by atoms with Crippen LogP contribution in [0.5, 0.6) is 0 Å². The van der Waals surface area contributed by atoms with Crippen molar-refractivity contribution >= 4 is 40.5 Å². The number of anilines is 1. The Morgan fingerprint density at radius 2 is 1.81 bits per heavy atom. The van der Waals surface area contributed by atoms with Gasteiger partial charge in [0.15, 0.2) is 0 Å². The number of nitrogens with one attached hydrogen (secondary N) is 1. The predicted octanol–water partition coefficient (Wildman–Crippen LogP) is 4.09. The van der Waals surface area contributed by atoms with Crippen molar-refractivity contribution in [2.24, 2.45) is 4.99 Å². The van der Waals surface area contributed by atoms with E-state index >= 15 is 0 Å². The molecule has 2 aromatic carbocycles. The number of hydrogen-bond donors (Lipinski definition) is 1. The van der Waals surface area contributed by atoms with Crippen LogP contribution in [0, 0.1) is 6.92 Å². The van der Waals surface area contributed by atoms with Gasteiger partial charge in [-0.3, -0.25) is 9.79 Å². The third-order valence-electron chi connectivity index (χ3n) is 3.26. The third kappa shape index (κ3) is 2.67. The molecule has 0 fully saturated rings. The number of carbonyl (C=O) groups excluding carboxylic acids is 1. The zero-order chi connectivity index (χ0) is 15.0. The summed E-state index contributed by atoms with van der Waals surface area (Å²) in [7, 11) is 0. The van der Waals surface area contributed by atoms with Crippen LogP contribution in [0.4, 0.5) is 5.69 Å². The lowest BCUT2D eigenvalue weighted by Gasteiger charge is -2.13. The first-order chi connectivity index (χ1) is 10.1. The molecule has 0 aliphatic carbocycles. The molecule has 5 heteroatoms. The highest BCUT2D eigenvalue weighted by atomic mass is 35.5. The minimum absolute atomic E-state index is 0.0462. The highest BCUT2D eigenvalue weighted by Crippen LogP contribution is 2.32. The number of carbonyl (C=O) groups is 1. The van der Waals surface area contributed by atoms with Gasteiger partial charge in [0.05, 0.1) is 21.4 Å². The SMILES string of the molecule is Cc1cc(Cl)c(C2=NCC(=O)Nc3ccccc32)c(Cl)c1. The van der Waals surface area contributed by atoms with Crippen molar-refractivity contribution in [3.63, 3.8) is 0 Å². The Balaban J connectivity index is 2.25. The molecule has 0 radical (unpaired) electrons. The standard InChI is InChI=1S/C16H12Cl2N2O/c1-9-6-11(17)15(12(18)7-9)16-10-4-2-3-5-13(10)20-14(21)8-19-16/h2-7H,8H2,1H3,(H,20,21). The molecule has 0 saturated carbocycles. The minimum Gasteiger partial charge on any atom is -0.324 e. The maximum Gasteiger partial charge on any atom is 0.246 e. The zero-order valence-electron chi connectivity index (χ0n) is 11.3. The Morgan fingerprint density at radius 1 is 1.14 bits per heavy atom. The van der Waals surface area contributed by atoms with Gasteiger partial charge in [0, 0.05) is 11.1 Å². The van der Waals surface area contributed by atoms with Crippen molar-refractivity contribution in [1.82, 2.24) is 0 Å². The molecule has 1 amide bonds. The van der Waals surface area contributed by atoms with E-state index in [1.165, 1.54) is 0 Å². The number of rotatable bonds is 1. The van der Waals surface area contributed by atoms with E-state index in [1.807, 2.05) is 43.3 Å². The van der Waals surface area contributed by atoms with E-state index in [9.17, 15) is 4.79 Å². The molecule has 0 atom stereocenters. The molecule has 2 aromatic rings. The van der Waals surface area contributed by atoms with Crippen LogP contribution in [-0.2, 0) is 4.79 Å². The van der Waals surface area contributed by atoms with E-state index < -0.39 is 0 Å². The van der Waals surface area contributed by atoms with Crippen LogP contribution in [-0.4, -0.2) is 18.2 Å². The number of benzodiazepines with no additional fused rings is 1. The molecule has 3 nitrogen and oxygen atoms in total. The molecule has 0 unspecified atom stereocenters. The molecule has 106 valence electrons. The van der Waals surface area contributed by atoms with E-state index in [0.717, 1.165) is 11.1 Å². The molecule has 0 aromatic heterocycles. The molecule has 0 bridgehead atoms. The van der Waals surface area contributed by atoms with E-state index in [1.54, 1.807) is 0 Å². The van der Waals surface area contributed by atoms with Crippen molar-refractivity contribution in [1.29, 1.82) is 0 Å². The van der Waals surface area contributed by atoms with Gasteiger partial charge in [-0.2, -0.15) is 0 Å². The average molecular weight is 319 g/mol. The third-order valence-corrected chi connectivity index (χ3v) is 3.86. The van der Waals surface area contributed by atoms with Crippen LogP contribution in [0.15, 0.2) is 41.4 Å². The summed E-state index contributed by atoms with van der Waals surface area (Å²) in [5, 5.41) is 3.89. The second kappa shape index (κ2) is 5.51. The minimum atomic E-state index is -0.156. The van der Waals surface area contributed by atoms with Gasteiger partial charge in [-0.25, -0.2) is 0 Å². The van der Waals surface area contributed by atoms with Gasteiger partial charge in [-0.15, -0.1) is 0 Å². The summed E-state index contributed by atoms with van der Waals surface area (Å²) in [6.45, 7) is 1.97. The maximum absolute atomic E-state index is 11.8. The fraction of sp³-hybridized carbons (Fsp3) is 0.125. The van der Waals surface area contributed by atoms with Crippen molar-refractivity contribution in [3.05, 3.63) is 63.1 Å². The highest BCUT2D eigenvalue weighted by molar-refractivity contribution is 6.42. The van der Waals surface area contributed by atoms with E-state index in [-0.39, 0.29) is 12.5 Å². The maximum atomic E-state index is 11.8. The van der Waals surface area contributed by atoms with E-state index in [2.05, 4.69) is 10.3 Å². The normalized spacial score (nSPS) is 14.0. The first-order valence-corrected chi connectivity index (χ1v) is 7.21. The molecule has 0 spiro atoms. The first-order valence-electron chi connectivity index (χ1n) is 6.46. The summed E-state index contributed by atoms with van der Waals surface area (Å²) in [6, 6.07) is 11.2. The molecule has 1 N–H and O–H groups in total. The number of aryl methyl sites for hydroxylation is 1. The lowest BCUT2D eigenvalue weighted by Crippen LogP contribution is -2.13. The first kappa shape index (κ1) is 14.1. The lowest BCUT2D eigenvalue weighted by molar-refractivity contribution is -0.114. The molecular formula is C16H12Cl2N2O. The van der Waals surface area contributed by atoms with Gasteiger partial charge >= 0.3 is 0 Å². The molecule has 1 aliphatic heterocycles. The zero-order valence-corrected chi connectivity index (χ0v) is 12.8. The number of amides is 1. The van der Waals surface area contributed by atoms with E-state index in [4.69, 9.17) is 23.2 Å². The summed E-state index contributed by atoms with van der Waals surface area (Å²) in [6.07, 6.45) is 0. The van der Waals surface area contributed by atoms with Gasteiger partial charge in [0.2, 0.25) is 5.91 Å². The van der Waals surface area contributed by atoms with Gasteiger partial charge in [-0.1, -0.05) is 41.4 Å². The molecule has 3 rings (SSSR count). The highest BCUT2D eigenvalue weighted by Gasteiger charge is 2.21. The van der Waals surface area contributed by atoms with Crippen molar-refractivity contribution < 1.29 is 4.79 Å². The Bertz CT molecular complexity index is 746. The van der Waals surface area contributed by atoms with Crippen LogP contribution in [0.2, 0.25) is 10.0 Å². The second-order valence-corrected chi connectivity index (χ2v) is 5.68. The lowest BCUT2D eigenvalue weighted by atomic mass is 9.99. The molecule has 0 saturated heterocycles. The quantitative estimate of drug-likeness (QED) is 0.845. The van der Waals surface area contributed by atoms with Crippen LogP contribution in [0.25, 0.3) is 0 Å². The van der Waals surface area contributed by atoms with E-state index in [0.29, 0.717) is 27.0 Å². The molecular weight excluding hydrogens is 307 g/mol. The largest absolute Gasteiger partial charge is 0.324 e. The van der Waals surface area contributed by atoms with Gasteiger partial charge in [-0.05, 0) is 30.7 Å². The summed E-state index contributed by atoms with van der Waals surface area (Å²) in [5.41, 5.74) is 3.81. The molecule has 1 aliphatic rings. The Kier molecular flexibility index (Phi) is 3.70. The average Bonchev–Trinajstić information content (AvgIpc) is 2.57. The van der Waals surface area contributed by atoms with Gasteiger partial charge in [0.1, 0.15) is 6.54 Å². The summed E-state index contributed by atoms with van der Waals surface area (Å²) in [5.74, 6) is -0.156. The number of fused-ring (bicyclic) bond motifs is 1. The smallest absolute Gasteiger partial charge is 0.246 e. The Labute approximate surface area is 132 Å². The number of benzene rings is 2. The number of hydrogen-bond acceptors (Lipinski definition) is 2. The monoisotopic (exact) mass is 318 g/mol. The van der Waals surface area contributed by atoms with Gasteiger partial charge < -0.3 is 5.32 Å². The number of halogens is 2. The fourth-order valence-corrected chi connectivity index (χ4v) is 3.14. The summed E-state index contributed by atoms with van der Waals surface area (Å²) >= 11 is 12.7. The van der Waals surface area contributed by atoms with Crippen LogP contribution in [0.1, 0.15) is 16.7 Å².